The number of hydrogen-bond donors (Lipinski definition) is 2. The number of aliphatic hydroxyl groups is 1. The van der Waals surface area contributed by atoms with Crippen LogP contribution in [0, 0.1) is 5.92 Å². The highest BCUT2D eigenvalue weighted by molar-refractivity contribution is 9.11. The molecule has 0 saturated heterocycles. The second-order valence-corrected chi connectivity index (χ2v) is 10.4. The summed E-state index contributed by atoms with van der Waals surface area (Å²) in [4.78, 5) is 4.12. The number of nitrogens with zero attached hydrogens (tertiary/aromatic N) is 1. The number of thiophene rings is 1. The fourth-order valence-corrected chi connectivity index (χ4v) is 5.88. The summed E-state index contributed by atoms with van der Waals surface area (Å²) in [5.74, 6) is 0.200. The first kappa shape index (κ1) is 19.5. The van der Waals surface area contributed by atoms with Crippen molar-refractivity contribution in [1.82, 2.24) is 9.71 Å². The largest absolute Gasteiger partial charge is 0.395 e. The van der Waals surface area contributed by atoms with Gasteiger partial charge in [-0.05, 0) is 52.0 Å². The topological polar surface area (TPSA) is 79.3 Å². The summed E-state index contributed by atoms with van der Waals surface area (Å²) in [5, 5.41) is 9.83. The number of sulfonamides is 1. The lowest BCUT2D eigenvalue weighted by molar-refractivity contribution is 0.229. The molecule has 2 aromatic rings. The van der Waals surface area contributed by atoms with Crippen LogP contribution in [0.3, 0.4) is 0 Å². The smallest absolute Gasteiger partial charge is 0.250 e. The van der Waals surface area contributed by atoms with E-state index < -0.39 is 16.1 Å². The van der Waals surface area contributed by atoms with Crippen molar-refractivity contribution in [2.45, 2.75) is 36.4 Å². The second-order valence-electron chi connectivity index (χ2n) is 5.99. The Kier molecular flexibility index (Phi) is 6.94. The zero-order valence-corrected chi connectivity index (χ0v) is 16.7. The van der Waals surface area contributed by atoms with Crippen molar-refractivity contribution in [2.24, 2.45) is 5.92 Å². The quantitative estimate of drug-likeness (QED) is 0.669. The van der Waals surface area contributed by atoms with Crippen molar-refractivity contribution >= 4 is 37.3 Å². The molecule has 24 heavy (non-hydrogen) atoms. The predicted octanol–water partition coefficient (Wildman–Crippen LogP) is 3.37. The number of halogens is 1. The average molecular weight is 433 g/mol. The summed E-state index contributed by atoms with van der Waals surface area (Å²) in [6.45, 7) is 3.86. The van der Waals surface area contributed by atoms with Crippen molar-refractivity contribution in [2.75, 3.05) is 6.61 Å². The summed E-state index contributed by atoms with van der Waals surface area (Å²) in [6.07, 6.45) is 4.15. The van der Waals surface area contributed by atoms with Crippen LogP contribution in [0.1, 0.15) is 31.7 Å². The molecule has 2 N–H and O–H groups in total. The lowest BCUT2D eigenvalue weighted by atomic mass is 9.86. The number of nitrogens with one attached hydrogen (secondary N) is 1. The van der Waals surface area contributed by atoms with Gasteiger partial charge in [-0.25, -0.2) is 13.1 Å². The van der Waals surface area contributed by atoms with E-state index in [0.29, 0.717) is 5.92 Å². The predicted molar refractivity (Wildman–Crippen MR) is 99.6 cm³/mol. The minimum atomic E-state index is -3.68. The molecule has 2 aromatic heterocycles. The first-order chi connectivity index (χ1) is 11.3. The molecule has 0 aliphatic rings. The van der Waals surface area contributed by atoms with Crippen LogP contribution < -0.4 is 4.72 Å². The maximum absolute atomic E-state index is 12.6. The van der Waals surface area contributed by atoms with Gasteiger partial charge in [-0.2, -0.15) is 0 Å². The van der Waals surface area contributed by atoms with E-state index in [-0.39, 0.29) is 16.7 Å². The van der Waals surface area contributed by atoms with Gasteiger partial charge in [0.15, 0.2) is 0 Å². The molecule has 2 atom stereocenters. The Hall–Kier alpha value is -0.800. The minimum Gasteiger partial charge on any atom is -0.395 e. The molecule has 0 amide bonds. The zero-order valence-electron chi connectivity index (χ0n) is 13.5. The first-order valence-electron chi connectivity index (χ1n) is 7.62. The van der Waals surface area contributed by atoms with Gasteiger partial charge in [-0.1, -0.05) is 19.9 Å². The van der Waals surface area contributed by atoms with Crippen LogP contribution in [0.25, 0.3) is 0 Å². The standard InChI is InChI=1S/C16H21BrN2O3S2/c1-11(2)8-13(12-4-3-7-18-9-12)14(10-20)19-24(21,22)16-6-5-15(17)23-16/h3-7,9,11,13-14,19-20H,8,10H2,1-2H3. The van der Waals surface area contributed by atoms with Gasteiger partial charge >= 0.3 is 0 Å². The summed E-state index contributed by atoms with van der Waals surface area (Å²) in [5.41, 5.74) is 0.917. The number of rotatable bonds is 8. The Bertz CT molecular complexity index is 748. The third-order valence-corrected chi connectivity index (χ3v) is 7.25. The Morgan fingerprint density at radius 1 is 1.33 bits per heavy atom. The van der Waals surface area contributed by atoms with E-state index >= 15 is 0 Å². The molecule has 0 aliphatic carbocycles. The van der Waals surface area contributed by atoms with Gasteiger partial charge in [-0.15, -0.1) is 11.3 Å². The van der Waals surface area contributed by atoms with E-state index in [1.165, 1.54) is 0 Å². The van der Waals surface area contributed by atoms with Gasteiger partial charge in [0.05, 0.1) is 16.4 Å². The monoisotopic (exact) mass is 432 g/mol. The van der Waals surface area contributed by atoms with E-state index in [1.807, 2.05) is 12.1 Å². The van der Waals surface area contributed by atoms with Gasteiger partial charge in [0.2, 0.25) is 10.0 Å². The van der Waals surface area contributed by atoms with E-state index in [4.69, 9.17) is 0 Å². The van der Waals surface area contributed by atoms with Crippen molar-refractivity contribution < 1.29 is 13.5 Å². The average Bonchev–Trinajstić information content (AvgIpc) is 2.99. The molecule has 132 valence electrons. The zero-order chi connectivity index (χ0) is 17.7. The lowest BCUT2D eigenvalue weighted by Gasteiger charge is -2.27. The number of aromatic nitrogens is 1. The van der Waals surface area contributed by atoms with Crippen molar-refractivity contribution in [3.8, 4) is 0 Å². The van der Waals surface area contributed by atoms with Gasteiger partial charge in [0.1, 0.15) is 4.21 Å². The van der Waals surface area contributed by atoms with Crippen LogP contribution in [-0.4, -0.2) is 31.2 Å². The number of hydrogen-bond acceptors (Lipinski definition) is 5. The third-order valence-electron chi connectivity index (χ3n) is 3.64. The first-order valence-corrected chi connectivity index (χ1v) is 10.7. The minimum absolute atomic E-state index is 0.151. The highest BCUT2D eigenvalue weighted by atomic mass is 79.9. The fraction of sp³-hybridized carbons (Fsp3) is 0.438. The molecule has 5 nitrogen and oxygen atoms in total. The van der Waals surface area contributed by atoms with Crippen molar-refractivity contribution in [3.05, 3.63) is 46.0 Å². The summed E-state index contributed by atoms with van der Waals surface area (Å²) >= 11 is 4.42. The van der Waals surface area contributed by atoms with Crippen molar-refractivity contribution in [3.63, 3.8) is 0 Å². The molecular formula is C16H21BrN2O3S2. The number of aliphatic hydroxyl groups excluding tert-OH is 1. The highest BCUT2D eigenvalue weighted by Gasteiger charge is 2.29. The van der Waals surface area contributed by atoms with Gasteiger partial charge in [0.25, 0.3) is 0 Å². The Morgan fingerprint density at radius 2 is 2.08 bits per heavy atom. The van der Waals surface area contributed by atoms with Crippen LogP contribution >= 0.6 is 27.3 Å². The fourth-order valence-electron chi connectivity index (χ4n) is 2.58. The molecule has 0 fully saturated rings. The van der Waals surface area contributed by atoms with Crippen LogP contribution in [0.4, 0.5) is 0 Å². The lowest BCUT2D eigenvalue weighted by Crippen LogP contribution is -2.42. The van der Waals surface area contributed by atoms with E-state index in [2.05, 4.69) is 39.5 Å². The molecule has 0 aromatic carbocycles. The Balaban J connectivity index is 2.29. The molecule has 2 unspecified atom stereocenters. The van der Waals surface area contributed by atoms with Crippen LogP contribution in [0.2, 0.25) is 0 Å². The van der Waals surface area contributed by atoms with Crippen LogP contribution in [0.15, 0.2) is 44.7 Å². The molecule has 0 saturated carbocycles. The highest BCUT2D eigenvalue weighted by Crippen LogP contribution is 2.30. The second kappa shape index (κ2) is 8.53. The van der Waals surface area contributed by atoms with E-state index in [0.717, 1.165) is 27.1 Å². The normalized spacial score (nSPS) is 14.7. The van der Waals surface area contributed by atoms with Crippen LogP contribution in [-0.2, 0) is 10.0 Å². The van der Waals surface area contributed by atoms with Crippen molar-refractivity contribution in [1.29, 1.82) is 0 Å². The third kappa shape index (κ3) is 5.10. The molecule has 2 rings (SSSR count). The van der Waals surface area contributed by atoms with Gasteiger partial charge in [-0.3, -0.25) is 4.98 Å². The van der Waals surface area contributed by atoms with E-state index in [9.17, 15) is 13.5 Å². The number of pyridine rings is 1. The SMILES string of the molecule is CC(C)CC(c1cccnc1)C(CO)NS(=O)(=O)c1ccc(Br)s1. The molecule has 0 radical (unpaired) electrons. The van der Waals surface area contributed by atoms with Gasteiger partial charge in [0, 0.05) is 18.3 Å². The molecule has 2 heterocycles. The Labute approximate surface area is 155 Å². The van der Waals surface area contributed by atoms with Crippen LogP contribution in [0.5, 0.6) is 0 Å². The molecular weight excluding hydrogens is 412 g/mol. The van der Waals surface area contributed by atoms with E-state index in [1.54, 1.807) is 24.5 Å². The maximum Gasteiger partial charge on any atom is 0.250 e. The van der Waals surface area contributed by atoms with Gasteiger partial charge < -0.3 is 5.11 Å². The molecule has 0 bridgehead atoms. The summed E-state index contributed by atoms with van der Waals surface area (Å²) < 4.78 is 28.8. The maximum atomic E-state index is 12.6. The molecule has 0 aliphatic heterocycles. The summed E-state index contributed by atoms with van der Waals surface area (Å²) in [7, 11) is -3.68. The molecule has 8 heteroatoms. The Morgan fingerprint density at radius 3 is 2.58 bits per heavy atom. The summed E-state index contributed by atoms with van der Waals surface area (Å²) in [6, 6.07) is 6.37. The molecule has 0 spiro atoms.